The Morgan fingerprint density at radius 1 is 1.14 bits per heavy atom. The fourth-order valence-electron chi connectivity index (χ4n) is 0.944. The summed E-state index contributed by atoms with van der Waals surface area (Å²) >= 11 is 0. The number of nitrogens with zero attached hydrogens (tertiary/aromatic N) is 1. The third-order valence-corrected chi connectivity index (χ3v) is 5.09. The van der Waals surface area contributed by atoms with Crippen molar-refractivity contribution in [1.29, 1.82) is 0 Å². The van der Waals surface area contributed by atoms with Crippen molar-refractivity contribution in [3.8, 4) is 0 Å². The number of sulfonamides is 1. The van der Waals surface area contributed by atoms with E-state index >= 15 is 0 Å². The third-order valence-electron chi connectivity index (χ3n) is 1.64. The Balaban J connectivity index is 2.46. The predicted octanol–water partition coefficient (Wildman–Crippen LogP) is -0.560. The van der Waals surface area contributed by atoms with Crippen LogP contribution in [0.4, 0.5) is 0 Å². The molecule has 1 unspecified atom stereocenters. The summed E-state index contributed by atoms with van der Waals surface area (Å²) in [6, 6.07) is 7.32. The molecule has 0 saturated carbocycles. The van der Waals surface area contributed by atoms with Gasteiger partial charge in [-0.2, -0.15) is 8.42 Å². The largest absolute Gasteiger partial charge is 0.322 e. The van der Waals surface area contributed by atoms with Crippen LogP contribution in [0.2, 0.25) is 0 Å². The molecule has 1 N–H and O–H groups in total. The van der Waals surface area contributed by atoms with Gasteiger partial charge in [0.15, 0.2) is 0 Å². The Morgan fingerprint density at radius 3 is 2.07 bits per heavy atom. The van der Waals surface area contributed by atoms with Gasteiger partial charge in [-0.1, -0.05) is 18.2 Å². The van der Waals surface area contributed by atoms with Crippen LogP contribution >= 0.6 is 0 Å². The average Bonchev–Trinajstić information content (AvgIpc) is 2.78. The Bertz CT molecular complexity index is 549. The molecule has 1 fully saturated rings. The SMILES string of the molecule is O=S1(=O)NN1S(=O)(=O)c1ccccc1. The van der Waals surface area contributed by atoms with E-state index < -0.39 is 20.2 Å². The zero-order chi connectivity index (χ0) is 10.4. The first kappa shape index (κ1) is 9.59. The summed E-state index contributed by atoms with van der Waals surface area (Å²) in [6.45, 7) is 0. The van der Waals surface area contributed by atoms with Gasteiger partial charge >= 0.3 is 10.2 Å². The quantitative estimate of drug-likeness (QED) is 0.694. The van der Waals surface area contributed by atoms with Gasteiger partial charge in [0.25, 0.3) is 10.0 Å². The number of rotatable bonds is 2. The maximum absolute atomic E-state index is 11.5. The molecule has 0 amide bonds. The van der Waals surface area contributed by atoms with E-state index in [-0.39, 0.29) is 8.72 Å². The molecule has 1 heterocycles. The topological polar surface area (TPSA) is 93.2 Å². The standard InChI is InChI=1S/C6H6N2O4S2/c9-13(10,8-7-14(8,11)12)6-4-2-1-3-5-6/h1-5,7H. The Hall–Kier alpha value is -0.960. The van der Waals surface area contributed by atoms with Crippen LogP contribution in [0.3, 0.4) is 0 Å². The molecule has 1 atom stereocenters. The lowest BCUT2D eigenvalue weighted by atomic mass is 10.4. The second-order valence-corrected chi connectivity index (χ2v) is 6.13. The summed E-state index contributed by atoms with van der Waals surface area (Å²) < 4.78 is 44.7. The zero-order valence-corrected chi connectivity index (χ0v) is 8.42. The second kappa shape index (κ2) is 2.76. The number of hydrazine groups is 1. The molecule has 1 aromatic rings. The molecule has 0 radical (unpaired) electrons. The highest BCUT2D eigenvalue weighted by Crippen LogP contribution is 2.23. The van der Waals surface area contributed by atoms with Gasteiger partial charge in [0.1, 0.15) is 0 Å². The van der Waals surface area contributed by atoms with Crippen LogP contribution in [0.15, 0.2) is 35.2 Å². The molecule has 0 spiro atoms. The molecule has 6 nitrogen and oxygen atoms in total. The zero-order valence-electron chi connectivity index (χ0n) is 6.78. The normalized spacial score (nSPS) is 24.4. The fraction of sp³-hybridized carbons (Fsp3) is 0. The van der Waals surface area contributed by atoms with Gasteiger partial charge in [0, 0.05) is 3.82 Å². The van der Waals surface area contributed by atoms with Crippen molar-refractivity contribution < 1.29 is 16.8 Å². The van der Waals surface area contributed by atoms with Crippen molar-refractivity contribution >= 4 is 20.2 Å². The smallest absolute Gasteiger partial charge is 0.205 e. The van der Waals surface area contributed by atoms with Crippen molar-refractivity contribution in [3.63, 3.8) is 0 Å². The first-order valence-electron chi connectivity index (χ1n) is 3.57. The summed E-state index contributed by atoms with van der Waals surface area (Å²) in [5.74, 6) is 0. The van der Waals surface area contributed by atoms with Gasteiger partial charge in [-0.3, -0.25) is 0 Å². The summed E-state index contributed by atoms with van der Waals surface area (Å²) in [5, 5.41) is 0. The maximum Gasteiger partial charge on any atom is 0.322 e. The van der Waals surface area contributed by atoms with E-state index in [9.17, 15) is 16.8 Å². The second-order valence-electron chi connectivity index (χ2n) is 2.61. The summed E-state index contributed by atoms with van der Waals surface area (Å²) in [6.07, 6.45) is 0. The fourth-order valence-corrected chi connectivity index (χ4v) is 3.94. The molecular formula is C6H6N2O4S2. The van der Waals surface area contributed by atoms with Crippen LogP contribution in [0.25, 0.3) is 0 Å². The van der Waals surface area contributed by atoms with Gasteiger partial charge in [0.05, 0.1) is 4.90 Å². The lowest BCUT2D eigenvalue weighted by molar-refractivity contribution is 0.556. The number of hydrogen-bond acceptors (Lipinski definition) is 4. The van der Waals surface area contributed by atoms with E-state index in [4.69, 9.17) is 0 Å². The van der Waals surface area contributed by atoms with E-state index in [2.05, 4.69) is 0 Å². The molecule has 0 bridgehead atoms. The van der Waals surface area contributed by atoms with E-state index in [1.807, 2.05) is 0 Å². The van der Waals surface area contributed by atoms with Crippen LogP contribution in [0, 0.1) is 0 Å². The first-order chi connectivity index (χ1) is 6.44. The molecule has 1 saturated heterocycles. The number of benzene rings is 1. The van der Waals surface area contributed by atoms with E-state index in [0.29, 0.717) is 0 Å². The van der Waals surface area contributed by atoms with Crippen molar-refractivity contribution in [2.24, 2.45) is 0 Å². The molecule has 14 heavy (non-hydrogen) atoms. The Kier molecular flexibility index (Phi) is 1.89. The highest BCUT2D eigenvalue weighted by Gasteiger charge is 2.51. The minimum absolute atomic E-state index is 0.0615. The minimum atomic E-state index is -3.94. The molecule has 2 rings (SSSR count). The van der Waals surface area contributed by atoms with Gasteiger partial charge in [0.2, 0.25) is 0 Å². The number of nitrogens with one attached hydrogen (secondary N) is 1. The molecule has 0 aliphatic carbocycles. The summed E-state index contributed by atoms with van der Waals surface area (Å²) in [5.41, 5.74) is 0. The van der Waals surface area contributed by atoms with Crippen LogP contribution < -0.4 is 4.83 Å². The predicted molar refractivity (Wildman–Crippen MR) is 47.5 cm³/mol. The molecule has 8 heteroatoms. The molecular weight excluding hydrogens is 228 g/mol. The summed E-state index contributed by atoms with van der Waals surface area (Å²) in [7, 11) is -7.71. The van der Waals surface area contributed by atoms with Crippen LogP contribution in [0.1, 0.15) is 0 Å². The molecule has 1 aliphatic heterocycles. The van der Waals surface area contributed by atoms with E-state index in [1.54, 1.807) is 10.9 Å². The maximum atomic E-state index is 11.5. The van der Waals surface area contributed by atoms with Crippen LogP contribution in [-0.4, -0.2) is 20.7 Å². The van der Waals surface area contributed by atoms with Gasteiger partial charge in [-0.05, 0) is 12.1 Å². The van der Waals surface area contributed by atoms with Crippen molar-refractivity contribution in [3.05, 3.63) is 30.3 Å². The van der Waals surface area contributed by atoms with Crippen molar-refractivity contribution in [1.82, 2.24) is 8.65 Å². The average molecular weight is 234 g/mol. The molecule has 76 valence electrons. The minimum Gasteiger partial charge on any atom is -0.205 e. The van der Waals surface area contributed by atoms with Crippen LogP contribution in [-0.2, 0) is 20.2 Å². The molecule has 1 aromatic carbocycles. The Morgan fingerprint density at radius 2 is 1.64 bits per heavy atom. The van der Waals surface area contributed by atoms with Gasteiger partial charge < -0.3 is 0 Å². The lowest BCUT2D eigenvalue weighted by Gasteiger charge is -1.98. The van der Waals surface area contributed by atoms with Gasteiger partial charge in [-0.25, -0.2) is 8.42 Å². The van der Waals surface area contributed by atoms with Crippen LogP contribution in [0.5, 0.6) is 0 Å². The van der Waals surface area contributed by atoms with Crippen molar-refractivity contribution in [2.45, 2.75) is 4.90 Å². The number of hydrogen-bond donors (Lipinski definition) is 1. The third kappa shape index (κ3) is 1.42. The summed E-state index contributed by atoms with van der Waals surface area (Å²) in [4.78, 5) is 1.70. The molecule has 0 aromatic heterocycles. The monoisotopic (exact) mass is 234 g/mol. The molecule has 1 aliphatic rings. The Labute approximate surface area is 81.4 Å². The van der Waals surface area contributed by atoms with Gasteiger partial charge in [-0.15, -0.1) is 4.83 Å². The van der Waals surface area contributed by atoms with Crippen molar-refractivity contribution in [2.75, 3.05) is 0 Å². The lowest BCUT2D eigenvalue weighted by Crippen LogP contribution is -2.14. The van der Waals surface area contributed by atoms with E-state index in [1.165, 1.54) is 24.3 Å². The highest BCUT2D eigenvalue weighted by molar-refractivity contribution is 8.08. The first-order valence-corrected chi connectivity index (χ1v) is 6.45. The van der Waals surface area contributed by atoms with E-state index in [0.717, 1.165) is 0 Å². The highest BCUT2D eigenvalue weighted by atomic mass is 32.3.